The van der Waals surface area contributed by atoms with Crippen molar-refractivity contribution >= 4 is 11.8 Å². The molecule has 4 nitrogen and oxygen atoms in total. The third-order valence-corrected chi connectivity index (χ3v) is 4.69. The molecule has 2 amide bonds. The van der Waals surface area contributed by atoms with Gasteiger partial charge in [-0.2, -0.15) is 0 Å². The lowest BCUT2D eigenvalue weighted by atomic mass is 9.92. The predicted octanol–water partition coefficient (Wildman–Crippen LogP) is 3.26. The number of rotatable bonds is 6. The quantitative estimate of drug-likeness (QED) is 0.819. The molecule has 1 fully saturated rings. The summed E-state index contributed by atoms with van der Waals surface area (Å²) in [4.78, 5) is 27.2. The second-order valence-corrected chi connectivity index (χ2v) is 6.56. The number of nitrogens with zero attached hydrogens (tertiary/aromatic N) is 1. The van der Waals surface area contributed by atoms with E-state index in [0.717, 1.165) is 37.7 Å². The number of carbonyl (C=O) groups is 2. The summed E-state index contributed by atoms with van der Waals surface area (Å²) in [5, 5.41) is 3.03. The highest BCUT2D eigenvalue weighted by molar-refractivity contribution is 5.91. The van der Waals surface area contributed by atoms with Crippen LogP contribution < -0.4 is 5.32 Å². The molecule has 1 atom stereocenters. The molecule has 0 aromatic heterocycles. The number of carbonyl (C=O) groups excluding carboxylic acids is 2. The number of hydrogen-bond donors (Lipinski definition) is 1. The van der Waals surface area contributed by atoms with Gasteiger partial charge in [0.25, 0.3) is 0 Å². The van der Waals surface area contributed by atoms with Crippen molar-refractivity contribution in [2.24, 2.45) is 0 Å². The minimum atomic E-state index is -0.753. The molecule has 1 N–H and O–H groups in total. The van der Waals surface area contributed by atoms with Crippen molar-refractivity contribution in [1.29, 1.82) is 0 Å². The van der Waals surface area contributed by atoms with Crippen molar-refractivity contribution < 1.29 is 9.59 Å². The lowest BCUT2D eigenvalue weighted by Crippen LogP contribution is -2.57. The highest BCUT2D eigenvalue weighted by Crippen LogP contribution is 2.30. The van der Waals surface area contributed by atoms with Crippen LogP contribution in [-0.2, 0) is 16.1 Å². The van der Waals surface area contributed by atoms with Crippen LogP contribution in [0.2, 0.25) is 0 Å². The zero-order chi connectivity index (χ0) is 16.7. The second-order valence-electron chi connectivity index (χ2n) is 6.56. The Labute approximate surface area is 139 Å². The van der Waals surface area contributed by atoms with E-state index < -0.39 is 5.54 Å². The van der Waals surface area contributed by atoms with Crippen LogP contribution in [0.3, 0.4) is 0 Å². The van der Waals surface area contributed by atoms with E-state index in [4.69, 9.17) is 0 Å². The third-order valence-electron chi connectivity index (χ3n) is 4.69. The van der Waals surface area contributed by atoms with E-state index in [9.17, 15) is 9.59 Å². The standard InChI is InChI=1S/C19H28N2O2/c1-3-4-14-20-18(23)19(2)13-9-8-12-17(22)21(19)15-16-10-6-5-7-11-16/h5-7,10-11H,3-4,8-9,12-15H2,1-2H3,(H,20,23). The van der Waals surface area contributed by atoms with E-state index in [0.29, 0.717) is 19.5 Å². The number of unbranched alkanes of at least 4 members (excludes halogenated alkanes) is 1. The van der Waals surface area contributed by atoms with Crippen LogP contribution in [0.5, 0.6) is 0 Å². The molecule has 0 bridgehead atoms. The zero-order valence-electron chi connectivity index (χ0n) is 14.3. The van der Waals surface area contributed by atoms with Crippen LogP contribution >= 0.6 is 0 Å². The van der Waals surface area contributed by atoms with Crippen molar-refractivity contribution in [3.8, 4) is 0 Å². The molecule has 23 heavy (non-hydrogen) atoms. The maximum atomic E-state index is 12.8. The summed E-state index contributed by atoms with van der Waals surface area (Å²) in [7, 11) is 0. The first-order valence-corrected chi connectivity index (χ1v) is 8.70. The second kappa shape index (κ2) is 8.14. The van der Waals surface area contributed by atoms with Gasteiger partial charge in [-0.05, 0) is 31.7 Å². The summed E-state index contributed by atoms with van der Waals surface area (Å²) in [5.41, 5.74) is 0.312. The summed E-state index contributed by atoms with van der Waals surface area (Å²) in [6, 6.07) is 9.91. The summed E-state index contributed by atoms with van der Waals surface area (Å²) in [5.74, 6) is 0.0663. The van der Waals surface area contributed by atoms with E-state index in [1.54, 1.807) is 4.90 Å². The fourth-order valence-corrected chi connectivity index (χ4v) is 3.12. The van der Waals surface area contributed by atoms with E-state index in [-0.39, 0.29) is 11.8 Å². The van der Waals surface area contributed by atoms with Crippen LogP contribution in [0, 0.1) is 0 Å². The Morgan fingerprint density at radius 1 is 1.26 bits per heavy atom. The summed E-state index contributed by atoms with van der Waals surface area (Å²) >= 11 is 0. The molecule has 4 heteroatoms. The fraction of sp³-hybridized carbons (Fsp3) is 0.579. The minimum absolute atomic E-state index is 0.0165. The van der Waals surface area contributed by atoms with Crippen molar-refractivity contribution in [2.45, 2.75) is 64.5 Å². The van der Waals surface area contributed by atoms with Gasteiger partial charge in [0.1, 0.15) is 5.54 Å². The molecule has 1 unspecified atom stereocenters. The van der Waals surface area contributed by atoms with Crippen LogP contribution in [0.4, 0.5) is 0 Å². The summed E-state index contributed by atoms with van der Waals surface area (Å²) in [6.45, 7) is 5.20. The molecule has 1 aromatic rings. The molecule has 1 aliphatic heterocycles. The molecule has 0 radical (unpaired) electrons. The number of benzene rings is 1. The number of nitrogens with one attached hydrogen (secondary N) is 1. The molecule has 0 saturated carbocycles. The van der Waals surface area contributed by atoms with Gasteiger partial charge in [-0.3, -0.25) is 9.59 Å². The SMILES string of the molecule is CCCCNC(=O)C1(C)CCCCC(=O)N1Cc1ccccc1. The van der Waals surface area contributed by atoms with Crippen molar-refractivity contribution in [3.05, 3.63) is 35.9 Å². The molecule has 0 aliphatic carbocycles. The Balaban J connectivity index is 2.20. The van der Waals surface area contributed by atoms with Gasteiger partial charge in [0, 0.05) is 19.5 Å². The highest BCUT2D eigenvalue weighted by atomic mass is 16.2. The molecule has 1 saturated heterocycles. The largest absolute Gasteiger partial charge is 0.354 e. The van der Waals surface area contributed by atoms with Gasteiger partial charge in [-0.15, -0.1) is 0 Å². The first-order valence-electron chi connectivity index (χ1n) is 8.70. The zero-order valence-corrected chi connectivity index (χ0v) is 14.3. The fourth-order valence-electron chi connectivity index (χ4n) is 3.12. The van der Waals surface area contributed by atoms with Crippen molar-refractivity contribution in [2.75, 3.05) is 6.54 Å². The normalized spacial score (nSPS) is 21.8. The van der Waals surface area contributed by atoms with Gasteiger partial charge in [0.05, 0.1) is 0 Å². The Morgan fingerprint density at radius 3 is 2.70 bits per heavy atom. The number of amides is 2. The Kier molecular flexibility index (Phi) is 6.20. The first-order chi connectivity index (χ1) is 11.1. The Bertz CT molecular complexity index is 529. The molecular formula is C19H28N2O2. The third kappa shape index (κ3) is 4.34. The molecule has 1 aliphatic rings. The molecule has 2 rings (SSSR count). The van der Waals surface area contributed by atoms with Crippen LogP contribution in [0.1, 0.15) is 57.9 Å². The average Bonchev–Trinajstić information content (AvgIpc) is 2.70. The monoisotopic (exact) mass is 316 g/mol. The van der Waals surface area contributed by atoms with Crippen LogP contribution in [0.15, 0.2) is 30.3 Å². The minimum Gasteiger partial charge on any atom is -0.354 e. The average molecular weight is 316 g/mol. The predicted molar refractivity (Wildman–Crippen MR) is 91.8 cm³/mol. The topological polar surface area (TPSA) is 49.4 Å². The smallest absolute Gasteiger partial charge is 0.245 e. The van der Waals surface area contributed by atoms with Gasteiger partial charge < -0.3 is 10.2 Å². The van der Waals surface area contributed by atoms with Gasteiger partial charge >= 0.3 is 0 Å². The summed E-state index contributed by atoms with van der Waals surface area (Å²) in [6.07, 6.45) is 5.04. The first kappa shape index (κ1) is 17.5. The maximum Gasteiger partial charge on any atom is 0.245 e. The Hall–Kier alpha value is -1.84. The van der Waals surface area contributed by atoms with E-state index >= 15 is 0 Å². The van der Waals surface area contributed by atoms with Gasteiger partial charge in [-0.1, -0.05) is 50.1 Å². The van der Waals surface area contributed by atoms with E-state index in [1.807, 2.05) is 37.3 Å². The Morgan fingerprint density at radius 2 is 2.00 bits per heavy atom. The highest BCUT2D eigenvalue weighted by Gasteiger charge is 2.42. The lowest BCUT2D eigenvalue weighted by Gasteiger charge is -2.39. The number of likely N-dealkylation sites (tertiary alicyclic amines) is 1. The van der Waals surface area contributed by atoms with E-state index in [2.05, 4.69) is 12.2 Å². The lowest BCUT2D eigenvalue weighted by molar-refractivity contribution is -0.147. The van der Waals surface area contributed by atoms with Gasteiger partial charge in [0.2, 0.25) is 11.8 Å². The van der Waals surface area contributed by atoms with E-state index in [1.165, 1.54) is 0 Å². The molecule has 126 valence electrons. The van der Waals surface area contributed by atoms with Crippen molar-refractivity contribution in [1.82, 2.24) is 10.2 Å². The molecule has 1 heterocycles. The van der Waals surface area contributed by atoms with Crippen LogP contribution in [0.25, 0.3) is 0 Å². The van der Waals surface area contributed by atoms with Crippen molar-refractivity contribution in [3.63, 3.8) is 0 Å². The van der Waals surface area contributed by atoms with Gasteiger partial charge in [0.15, 0.2) is 0 Å². The van der Waals surface area contributed by atoms with Gasteiger partial charge in [-0.25, -0.2) is 0 Å². The molecule has 1 aromatic carbocycles. The summed E-state index contributed by atoms with van der Waals surface area (Å²) < 4.78 is 0. The van der Waals surface area contributed by atoms with Crippen LogP contribution in [-0.4, -0.2) is 28.8 Å². The molecular weight excluding hydrogens is 288 g/mol. The number of hydrogen-bond acceptors (Lipinski definition) is 2. The maximum absolute atomic E-state index is 12.8. The molecule has 0 spiro atoms.